The second kappa shape index (κ2) is 9.24. The summed E-state index contributed by atoms with van der Waals surface area (Å²) in [6.45, 7) is 5.41. The molecule has 0 unspecified atom stereocenters. The van der Waals surface area contributed by atoms with Crippen LogP contribution < -0.4 is 9.62 Å². The zero-order chi connectivity index (χ0) is 20.0. The molecule has 1 N–H and O–H groups in total. The molecule has 0 fully saturated rings. The third kappa shape index (κ3) is 5.47. The minimum absolute atomic E-state index is 0.0239. The van der Waals surface area contributed by atoms with E-state index in [1.807, 2.05) is 13.8 Å². The second-order valence-corrected chi connectivity index (χ2v) is 8.81. The number of carbonyl (C=O) groups excluding carboxylic acids is 1. The Balaban J connectivity index is 2.43. The number of anilines is 1. The fourth-order valence-electron chi connectivity index (χ4n) is 2.83. The lowest BCUT2D eigenvalue weighted by molar-refractivity contribution is -0.120. The Hall–Kier alpha value is -2.05. The molecule has 0 spiro atoms. The predicted molar refractivity (Wildman–Crippen MR) is 110 cm³/mol. The Morgan fingerprint density at radius 3 is 2.48 bits per heavy atom. The zero-order valence-electron chi connectivity index (χ0n) is 15.8. The summed E-state index contributed by atoms with van der Waals surface area (Å²) in [6.07, 6.45) is 1.76. The molecule has 2 aromatic carbocycles. The monoisotopic (exact) mass is 408 g/mol. The highest BCUT2D eigenvalue weighted by Gasteiger charge is 2.28. The Labute approximate surface area is 166 Å². The standard InChI is InChI=1S/C20H25ClN2O3S/c1-4-8-16(3)22-20(24)14-23(19-13-17(21)12-11-15(19)2)27(25,26)18-9-6-5-7-10-18/h5-7,9-13,16H,4,8,14H2,1-3H3,(H,22,24)/t16-/m1/s1. The third-order valence-corrected chi connectivity index (χ3v) is 6.20. The Morgan fingerprint density at radius 1 is 1.19 bits per heavy atom. The lowest BCUT2D eigenvalue weighted by Crippen LogP contribution is -2.43. The third-order valence-electron chi connectivity index (χ3n) is 4.19. The van der Waals surface area contributed by atoms with Crippen LogP contribution in [0.5, 0.6) is 0 Å². The molecule has 5 nitrogen and oxygen atoms in total. The first-order valence-corrected chi connectivity index (χ1v) is 10.7. The lowest BCUT2D eigenvalue weighted by Gasteiger charge is -2.26. The summed E-state index contributed by atoms with van der Waals surface area (Å²) in [4.78, 5) is 12.7. The number of halogens is 1. The van der Waals surface area contributed by atoms with Crippen LogP contribution in [0.2, 0.25) is 5.02 Å². The van der Waals surface area contributed by atoms with Crippen LogP contribution in [0.4, 0.5) is 5.69 Å². The fraction of sp³-hybridized carbons (Fsp3) is 0.350. The van der Waals surface area contributed by atoms with Crippen molar-refractivity contribution in [1.29, 1.82) is 0 Å². The van der Waals surface area contributed by atoms with Gasteiger partial charge in [-0.25, -0.2) is 8.42 Å². The van der Waals surface area contributed by atoms with Crippen molar-refractivity contribution >= 4 is 33.2 Å². The number of nitrogens with one attached hydrogen (secondary N) is 1. The van der Waals surface area contributed by atoms with Gasteiger partial charge in [0, 0.05) is 11.1 Å². The number of nitrogens with zero attached hydrogens (tertiary/aromatic N) is 1. The molecule has 0 saturated carbocycles. The van der Waals surface area contributed by atoms with Crippen LogP contribution in [0.25, 0.3) is 0 Å². The van der Waals surface area contributed by atoms with E-state index in [1.54, 1.807) is 43.3 Å². The molecule has 0 bridgehead atoms. The van der Waals surface area contributed by atoms with Gasteiger partial charge in [0.05, 0.1) is 10.6 Å². The second-order valence-electron chi connectivity index (χ2n) is 6.51. The maximum absolute atomic E-state index is 13.2. The summed E-state index contributed by atoms with van der Waals surface area (Å²) < 4.78 is 27.6. The summed E-state index contributed by atoms with van der Waals surface area (Å²) in [5, 5.41) is 3.27. The van der Waals surface area contributed by atoms with Crippen molar-refractivity contribution in [3.63, 3.8) is 0 Å². The van der Waals surface area contributed by atoms with Crippen molar-refractivity contribution < 1.29 is 13.2 Å². The van der Waals surface area contributed by atoms with Crippen LogP contribution in [0.1, 0.15) is 32.3 Å². The van der Waals surface area contributed by atoms with Gasteiger partial charge in [-0.1, -0.05) is 49.2 Å². The molecule has 1 atom stereocenters. The summed E-state index contributed by atoms with van der Waals surface area (Å²) in [6, 6.07) is 13.1. The largest absolute Gasteiger partial charge is 0.352 e. The van der Waals surface area contributed by atoms with Crippen LogP contribution >= 0.6 is 11.6 Å². The van der Waals surface area contributed by atoms with E-state index in [-0.39, 0.29) is 23.4 Å². The van der Waals surface area contributed by atoms with E-state index in [0.717, 1.165) is 17.1 Å². The zero-order valence-corrected chi connectivity index (χ0v) is 17.3. The quantitative estimate of drug-likeness (QED) is 0.713. The van der Waals surface area contributed by atoms with Gasteiger partial charge in [-0.2, -0.15) is 0 Å². The molecule has 2 rings (SSSR count). The van der Waals surface area contributed by atoms with E-state index in [2.05, 4.69) is 5.32 Å². The van der Waals surface area contributed by atoms with Gasteiger partial charge in [0.1, 0.15) is 6.54 Å². The smallest absolute Gasteiger partial charge is 0.264 e. The Kier molecular flexibility index (Phi) is 7.27. The molecule has 0 aliphatic heterocycles. The first-order chi connectivity index (χ1) is 12.8. The summed E-state index contributed by atoms with van der Waals surface area (Å²) in [5.74, 6) is -0.352. The summed E-state index contributed by atoms with van der Waals surface area (Å²) in [5.41, 5.74) is 1.11. The highest BCUT2D eigenvalue weighted by Crippen LogP contribution is 2.29. The van der Waals surface area contributed by atoms with Crippen LogP contribution in [0.15, 0.2) is 53.4 Å². The number of amides is 1. The van der Waals surface area contributed by atoms with Gasteiger partial charge in [-0.3, -0.25) is 9.10 Å². The number of sulfonamides is 1. The van der Waals surface area contributed by atoms with Crippen molar-refractivity contribution in [2.24, 2.45) is 0 Å². The average molecular weight is 409 g/mol. The van der Waals surface area contributed by atoms with E-state index >= 15 is 0 Å². The lowest BCUT2D eigenvalue weighted by atomic mass is 10.2. The average Bonchev–Trinajstić information content (AvgIpc) is 2.62. The van der Waals surface area contributed by atoms with Crippen molar-refractivity contribution in [2.75, 3.05) is 10.8 Å². The molecule has 0 aromatic heterocycles. The molecule has 0 heterocycles. The van der Waals surface area contributed by atoms with E-state index in [4.69, 9.17) is 11.6 Å². The first kappa shape index (κ1) is 21.3. The maximum atomic E-state index is 13.2. The Morgan fingerprint density at radius 2 is 1.85 bits per heavy atom. The molecule has 0 saturated heterocycles. The molecule has 146 valence electrons. The van der Waals surface area contributed by atoms with E-state index in [1.165, 1.54) is 12.1 Å². The van der Waals surface area contributed by atoms with Crippen molar-refractivity contribution in [3.8, 4) is 0 Å². The molecule has 0 aliphatic carbocycles. The molecular formula is C20H25ClN2O3S. The van der Waals surface area contributed by atoms with Gasteiger partial charge in [-0.15, -0.1) is 0 Å². The van der Waals surface area contributed by atoms with E-state index in [9.17, 15) is 13.2 Å². The molecular weight excluding hydrogens is 384 g/mol. The van der Waals surface area contributed by atoms with Gasteiger partial charge in [0.15, 0.2) is 0 Å². The predicted octanol–water partition coefficient (Wildman–Crippen LogP) is 4.15. The minimum Gasteiger partial charge on any atom is -0.352 e. The van der Waals surface area contributed by atoms with Crippen molar-refractivity contribution in [2.45, 2.75) is 44.6 Å². The highest BCUT2D eigenvalue weighted by atomic mass is 35.5. The van der Waals surface area contributed by atoms with Crippen LogP contribution in [-0.2, 0) is 14.8 Å². The Bertz CT molecular complexity index is 885. The maximum Gasteiger partial charge on any atom is 0.264 e. The number of hydrogen-bond donors (Lipinski definition) is 1. The van der Waals surface area contributed by atoms with Gasteiger partial charge < -0.3 is 5.32 Å². The van der Waals surface area contributed by atoms with E-state index in [0.29, 0.717) is 16.3 Å². The van der Waals surface area contributed by atoms with Gasteiger partial charge >= 0.3 is 0 Å². The van der Waals surface area contributed by atoms with Gasteiger partial charge in [0.2, 0.25) is 5.91 Å². The molecule has 1 amide bonds. The molecule has 7 heteroatoms. The van der Waals surface area contributed by atoms with Gasteiger partial charge in [0.25, 0.3) is 10.0 Å². The number of benzene rings is 2. The van der Waals surface area contributed by atoms with Crippen molar-refractivity contribution in [3.05, 3.63) is 59.1 Å². The topological polar surface area (TPSA) is 66.5 Å². The van der Waals surface area contributed by atoms with Crippen LogP contribution in [0, 0.1) is 6.92 Å². The van der Waals surface area contributed by atoms with Crippen LogP contribution in [-0.4, -0.2) is 26.9 Å². The highest BCUT2D eigenvalue weighted by molar-refractivity contribution is 7.92. The van der Waals surface area contributed by atoms with E-state index < -0.39 is 10.0 Å². The molecule has 2 aromatic rings. The summed E-state index contributed by atoms with van der Waals surface area (Å²) >= 11 is 6.10. The van der Waals surface area contributed by atoms with Gasteiger partial charge in [-0.05, 0) is 50.1 Å². The minimum atomic E-state index is -3.92. The SMILES string of the molecule is CCC[C@@H](C)NC(=O)CN(c1cc(Cl)ccc1C)S(=O)(=O)c1ccccc1. The summed E-state index contributed by atoms with van der Waals surface area (Å²) in [7, 11) is -3.92. The number of carbonyl (C=O) groups is 1. The number of rotatable bonds is 8. The number of aryl methyl sites for hydroxylation is 1. The van der Waals surface area contributed by atoms with Crippen molar-refractivity contribution in [1.82, 2.24) is 5.32 Å². The molecule has 0 radical (unpaired) electrons. The number of hydrogen-bond acceptors (Lipinski definition) is 3. The van der Waals surface area contributed by atoms with Crippen LogP contribution in [0.3, 0.4) is 0 Å². The normalized spacial score (nSPS) is 12.4. The molecule has 0 aliphatic rings. The molecule has 27 heavy (non-hydrogen) atoms. The first-order valence-electron chi connectivity index (χ1n) is 8.89. The fourth-order valence-corrected chi connectivity index (χ4v) is 4.49.